The van der Waals surface area contributed by atoms with Crippen LogP contribution in [0.3, 0.4) is 0 Å². The van der Waals surface area contributed by atoms with Crippen molar-refractivity contribution in [2.24, 2.45) is 15.9 Å². The molecule has 0 fully saturated rings. The minimum atomic E-state index is -1.19. The maximum Gasteiger partial charge on any atom is 0.351 e. The Morgan fingerprint density at radius 3 is 2.47 bits per heavy atom. The summed E-state index contributed by atoms with van der Waals surface area (Å²) < 4.78 is 0. The van der Waals surface area contributed by atoms with E-state index in [0.29, 0.717) is 5.56 Å². The largest absolute Gasteiger partial charge is 0.477 e. The first kappa shape index (κ1) is 11.2. The van der Waals surface area contributed by atoms with Gasteiger partial charge in [-0.15, -0.1) is 0 Å². The van der Waals surface area contributed by atoms with Crippen molar-refractivity contribution in [1.29, 1.82) is 0 Å². The van der Waals surface area contributed by atoms with Gasteiger partial charge in [0.05, 0.1) is 5.92 Å². The van der Waals surface area contributed by atoms with Gasteiger partial charge in [0, 0.05) is 5.56 Å². The van der Waals surface area contributed by atoms with Gasteiger partial charge in [0.25, 0.3) is 5.91 Å². The fourth-order valence-corrected chi connectivity index (χ4v) is 1.50. The number of carboxylic acids is 1. The molecule has 17 heavy (non-hydrogen) atoms. The number of rotatable bonds is 2. The summed E-state index contributed by atoms with van der Waals surface area (Å²) in [6.45, 7) is 1.49. The maximum absolute atomic E-state index is 11.6. The SMILES string of the molecule is C[C@H]1C(=O)N=C(c2ccccc2)N=C1C(=O)O. The van der Waals surface area contributed by atoms with Crippen LogP contribution in [-0.4, -0.2) is 28.5 Å². The number of aliphatic carboxylic acids is 1. The molecular formula is C12H10N2O3. The van der Waals surface area contributed by atoms with Gasteiger partial charge in [-0.05, 0) is 6.92 Å². The van der Waals surface area contributed by atoms with E-state index >= 15 is 0 Å². The van der Waals surface area contributed by atoms with Gasteiger partial charge in [-0.1, -0.05) is 30.3 Å². The second-order valence-electron chi connectivity index (χ2n) is 3.66. The van der Waals surface area contributed by atoms with Crippen LogP contribution in [0.4, 0.5) is 0 Å². The quantitative estimate of drug-likeness (QED) is 0.827. The average Bonchev–Trinajstić information content (AvgIpc) is 2.33. The van der Waals surface area contributed by atoms with Crippen molar-refractivity contribution in [3.63, 3.8) is 0 Å². The Morgan fingerprint density at radius 1 is 1.24 bits per heavy atom. The number of benzene rings is 1. The lowest BCUT2D eigenvalue weighted by atomic mass is 10.0. The van der Waals surface area contributed by atoms with E-state index in [-0.39, 0.29) is 11.5 Å². The normalized spacial score (nSPS) is 19.6. The van der Waals surface area contributed by atoms with Gasteiger partial charge in [0.15, 0.2) is 5.84 Å². The number of hydrogen-bond donors (Lipinski definition) is 1. The van der Waals surface area contributed by atoms with E-state index in [1.807, 2.05) is 6.07 Å². The van der Waals surface area contributed by atoms with Gasteiger partial charge in [0.1, 0.15) is 5.71 Å². The standard InChI is InChI=1S/C12H10N2O3/c1-7-9(12(16)17)13-10(14-11(7)15)8-5-3-2-4-6-8/h2-7H,1H3,(H,16,17)/t7-/m1/s1. The highest BCUT2D eigenvalue weighted by atomic mass is 16.4. The second kappa shape index (κ2) is 4.29. The number of amides is 1. The van der Waals surface area contributed by atoms with E-state index in [0.717, 1.165) is 0 Å². The lowest BCUT2D eigenvalue weighted by molar-refractivity contribution is -0.130. The molecule has 0 aromatic heterocycles. The summed E-state index contributed by atoms with van der Waals surface area (Å²) >= 11 is 0. The molecule has 1 aromatic carbocycles. The Labute approximate surface area is 97.5 Å². The smallest absolute Gasteiger partial charge is 0.351 e. The highest BCUT2D eigenvalue weighted by Gasteiger charge is 2.29. The molecular weight excluding hydrogens is 220 g/mol. The third-order valence-electron chi connectivity index (χ3n) is 2.47. The Hall–Kier alpha value is -2.30. The van der Waals surface area contributed by atoms with Crippen LogP contribution < -0.4 is 0 Å². The molecule has 86 valence electrons. The third kappa shape index (κ3) is 2.13. The molecule has 5 heteroatoms. The van der Waals surface area contributed by atoms with Crippen molar-refractivity contribution < 1.29 is 14.7 Å². The molecule has 0 unspecified atom stereocenters. The molecule has 0 bridgehead atoms. The lowest BCUT2D eigenvalue weighted by Crippen LogP contribution is -2.32. The number of hydrogen-bond acceptors (Lipinski definition) is 3. The van der Waals surface area contributed by atoms with Gasteiger partial charge in [0.2, 0.25) is 0 Å². The predicted molar refractivity (Wildman–Crippen MR) is 62.2 cm³/mol. The van der Waals surface area contributed by atoms with Crippen molar-refractivity contribution in [2.75, 3.05) is 0 Å². The minimum Gasteiger partial charge on any atom is -0.477 e. The zero-order valence-corrected chi connectivity index (χ0v) is 9.12. The van der Waals surface area contributed by atoms with Crippen LogP contribution in [0.5, 0.6) is 0 Å². The predicted octanol–water partition coefficient (Wildman–Crippen LogP) is 1.14. The molecule has 1 aliphatic heterocycles. The molecule has 2 rings (SSSR count). The van der Waals surface area contributed by atoms with E-state index in [1.165, 1.54) is 6.92 Å². The molecule has 1 aromatic rings. The van der Waals surface area contributed by atoms with Crippen molar-refractivity contribution in [3.05, 3.63) is 35.9 Å². The van der Waals surface area contributed by atoms with Crippen LogP contribution in [0.15, 0.2) is 40.3 Å². The summed E-state index contributed by atoms with van der Waals surface area (Å²) in [4.78, 5) is 30.2. The molecule has 1 atom stereocenters. The summed E-state index contributed by atoms with van der Waals surface area (Å²) in [5, 5.41) is 8.95. The molecule has 0 saturated carbocycles. The van der Waals surface area contributed by atoms with Crippen molar-refractivity contribution in [1.82, 2.24) is 0 Å². The first-order valence-corrected chi connectivity index (χ1v) is 5.09. The molecule has 1 N–H and O–H groups in total. The highest BCUT2D eigenvalue weighted by molar-refractivity contribution is 6.44. The van der Waals surface area contributed by atoms with Crippen LogP contribution in [0, 0.1) is 5.92 Å². The first-order chi connectivity index (χ1) is 8.09. The molecule has 0 aliphatic carbocycles. The molecule has 1 amide bonds. The molecule has 0 spiro atoms. The maximum atomic E-state index is 11.6. The van der Waals surface area contributed by atoms with Gasteiger partial charge >= 0.3 is 5.97 Å². The van der Waals surface area contributed by atoms with Crippen LogP contribution in [-0.2, 0) is 9.59 Å². The summed E-state index contributed by atoms with van der Waals surface area (Å²) in [5.74, 6) is -2.29. The monoisotopic (exact) mass is 230 g/mol. The fourth-order valence-electron chi connectivity index (χ4n) is 1.50. The van der Waals surface area contributed by atoms with E-state index < -0.39 is 17.8 Å². The van der Waals surface area contributed by atoms with Crippen LogP contribution in [0.2, 0.25) is 0 Å². The Morgan fingerprint density at radius 2 is 1.88 bits per heavy atom. The van der Waals surface area contributed by atoms with Crippen molar-refractivity contribution in [3.8, 4) is 0 Å². The van der Waals surface area contributed by atoms with Crippen molar-refractivity contribution >= 4 is 23.4 Å². The molecule has 5 nitrogen and oxygen atoms in total. The summed E-state index contributed by atoms with van der Waals surface area (Å²) in [6, 6.07) is 8.82. The summed E-state index contributed by atoms with van der Waals surface area (Å²) in [6.07, 6.45) is 0. The second-order valence-corrected chi connectivity index (χ2v) is 3.66. The molecule has 1 aliphatic rings. The Bertz CT molecular complexity index is 532. The first-order valence-electron chi connectivity index (χ1n) is 5.09. The van der Waals surface area contributed by atoms with Gasteiger partial charge < -0.3 is 5.11 Å². The molecule has 1 heterocycles. The van der Waals surface area contributed by atoms with E-state index in [1.54, 1.807) is 24.3 Å². The van der Waals surface area contributed by atoms with Gasteiger partial charge in [-0.2, -0.15) is 4.99 Å². The lowest BCUT2D eigenvalue weighted by Gasteiger charge is -2.14. The van der Waals surface area contributed by atoms with Gasteiger partial charge in [-0.25, -0.2) is 9.79 Å². The number of aliphatic imine (C=N–C) groups is 2. The highest BCUT2D eigenvalue weighted by Crippen LogP contribution is 2.13. The zero-order chi connectivity index (χ0) is 12.4. The van der Waals surface area contributed by atoms with Crippen LogP contribution in [0.1, 0.15) is 12.5 Å². The average molecular weight is 230 g/mol. The Balaban J connectivity index is 2.46. The number of carbonyl (C=O) groups is 2. The number of nitrogens with zero attached hydrogens (tertiary/aromatic N) is 2. The Kier molecular flexibility index (Phi) is 2.82. The van der Waals surface area contributed by atoms with Gasteiger partial charge in [-0.3, -0.25) is 4.79 Å². The van der Waals surface area contributed by atoms with Crippen LogP contribution >= 0.6 is 0 Å². The number of carbonyl (C=O) groups excluding carboxylic acids is 1. The summed E-state index contributed by atoms with van der Waals surface area (Å²) in [5.41, 5.74) is 0.468. The topological polar surface area (TPSA) is 79.1 Å². The van der Waals surface area contributed by atoms with Crippen molar-refractivity contribution in [2.45, 2.75) is 6.92 Å². The minimum absolute atomic E-state index is 0.158. The molecule has 0 saturated heterocycles. The zero-order valence-electron chi connectivity index (χ0n) is 9.12. The fraction of sp³-hybridized carbons (Fsp3) is 0.167. The third-order valence-corrected chi connectivity index (χ3v) is 2.47. The summed E-state index contributed by atoms with van der Waals surface area (Å²) in [7, 11) is 0. The molecule has 0 radical (unpaired) electrons. The van der Waals surface area contributed by atoms with E-state index in [9.17, 15) is 9.59 Å². The van der Waals surface area contributed by atoms with E-state index in [4.69, 9.17) is 5.11 Å². The number of carboxylic acid groups (broad SMARTS) is 1. The van der Waals surface area contributed by atoms with Crippen LogP contribution in [0.25, 0.3) is 0 Å². The van der Waals surface area contributed by atoms with E-state index in [2.05, 4.69) is 9.98 Å². The number of amidine groups is 1.